The van der Waals surface area contributed by atoms with Gasteiger partial charge in [-0.2, -0.15) is 5.26 Å². The molecule has 132 valence electrons. The van der Waals surface area contributed by atoms with E-state index in [1.165, 1.54) is 0 Å². The summed E-state index contributed by atoms with van der Waals surface area (Å²) in [6.07, 6.45) is -0.891. The second-order valence-electron chi connectivity index (χ2n) is 6.53. The Hall–Kier alpha value is -0.245. The Kier molecular flexibility index (Phi) is 8.96. The van der Waals surface area contributed by atoms with E-state index in [1.807, 2.05) is 6.92 Å². The van der Waals surface area contributed by atoms with Crippen molar-refractivity contribution < 1.29 is 18.2 Å². The molecule has 2 unspecified atom stereocenters. The molecule has 0 saturated carbocycles. The van der Waals surface area contributed by atoms with Crippen LogP contribution in [0.5, 0.6) is 0 Å². The van der Waals surface area contributed by atoms with Gasteiger partial charge in [0.05, 0.1) is 37.8 Å². The minimum atomic E-state index is -1.30. The molecule has 8 heteroatoms. The SMILES string of the molecule is B[C@@H]1O[C@H](COP(OCCC#N)N(C(C)C)C(C)C)[C@H](C)C1F. The fraction of sp³-hybridized carbons (Fsp3) is 0.933. The van der Waals surface area contributed by atoms with Crippen LogP contribution in [0.4, 0.5) is 4.39 Å². The van der Waals surface area contributed by atoms with E-state index in [1.54, 1.807) is 7.85 Å². The van der Waals surface area contributed by atoms with Crippen LogP contribution in [0.2, 0.25) is 0 Å². The molecule has 0 amide bonds. The van der Waals surface area contributed by atoms with Crippen molar-refractivity contribution in [1.29, 1.82) is 5.26 Å². The van der Waals surface area contributed by atoms with E-state index in [-0.39, 0.29) is 24.1 Å². The zero-order valence-electron chi connectivity index (χ0n) is 15.0. The van der Waals surface area contributed by atoms with Gasteiger partial charge < -0.3 is 13.8 Å². The molecule has 1 heterocycles. The van der Waals surface area contributed by atoms with Crippen molar-refractivity contribution in [2.45, 2.75) is 71.4 Å². The third kappa shape index (κ3) is 5.96. The molecule has 0 aliphatic carbocycles. The summed E-state index contributed by atoms with van der Waals surface area (Å²) in [5.74, 6) is -0.187. The minimum Gasteiger partial charge on any atom is -0.378 e. The highest BCUT2D eigenvalue weighted by Crippen LogP contribution is 2.46. The van der Waals surface area contributed by atoms with Crippen molar-refractivity contribution in [2.75, 3.05) is 13.2 Å². The van der Waals surface area contributed by atoms with Gasteiger partial charge >= 0.3 is 0 Å². The third-order valence-electron chi connectivity index (χ3n) is 3.94. The van der Waals surface area contributed by atoms with Crippen LogP contribution in [-0.4, -0.2) is 56.1 Å². The molecule has 5 atom stereocenters. The van der Waals surface area contributed by atoms with Crippen molar-refractivity contribution >= 4 is 16.4 Å². The van der Waals surface area contributed by atoms with Crippen molar-refractivity contribution in [3.05, 3.63) is 0 Å². The van der Waals surface area contributed by atoms with Crippen molar-refractivity contribution in [3.8, 4) is 6.07 Å². The van der Waals surface area contributed by atoms with E-state index in [0.29, 0.717) is 19.6 Å². The van der Waals surface area contributed by atoms with Gasteiger partial charge in [-0.25, -0.2) is 9.06 Å². The van der Waals surface area contributed by atoms with E-state index in [4.69, 9.17) is 19.0 Å². The topological polar surface area (TPSA) is 54.7 Å². The summed E-state index contributed by atoms with van der Waals surface area (Å²) >= 11 is 0. The number of nitriles is 1. The third-order valence-corrected chi connectivity index (χ3v) is 6.01. The summed E-state index contributed by atoms with van der Waals surface area (Å²) in [7, 11) is 0.453. The van der Waals surface area contributed by atoms with Crippen LogP contribution >= 0.6 is 8.53 Å². The lowest BCUT2D eigenvalue weighted by molar-refractivity contribution is 0.0290. The standard InChI is InChI=1S/C15H29BFN2O3P/c1-10(2)19(11(3)4)23(20-8-6-7-18)21-9-13-12(5)14(17)15(16)22-13/h10-15H,6,8-9,16H2,1-5H3/t12-,13+,14?,15+,23?/m0/s1. The van der Waals surface area contributed by atoms with Crippen LogP contribution in [-0.2, 0) is 13.8 Å². The highest BCUT2D eigenvalue weighted by Gasteiger charge is 2.40. The fourth-order valence-electron chi connectivity index (χ4n) is 2.75. The molecule has 0 aromatic rings. The number of rotatable bonds is 9. The first-order valence-electron chi connectivity index (χ1n) is 8.30. The molecular formula is C15H29BFN2O3P. The van der Waals surface area contributed by atoms with Crippen LogP contribution in [0.3, 0.4) is 0 Å². The van der Waals surface area contributed by atoms with E-state index in [2.05, 4.69) is 38.4 Å². The first-order chi connectivity index (χ1) is 10.8. The highest BCUT2D eigenvalue weighted by molar-refractivity contribution is 7.44. The Morgan fingerprint density at radius 2 is 1.91 bits per heavy atom. The van der Waals surface area contributed by atoms with Crippen molar-refractivity contribution in [2.24, 2.45) is 5.92 Å². The maximum atomic E-state index is 13.9. The van der Waals surface area contributed by atoms with Gasteiger partial charge in [0.25, 0.3) is 8.53 Å². The molecule has 0 aromatic carbocycles. The van der Waals surface area contributed by atoms with Crippen LogP contribution < -0.4 is 0 Å². The van der Waals surface area contributed by atoms with Crippen molar-refractivity contribution in [1.82, 2.24) is 4.67 Å². The lowest BCUT2D eigenvalue weighted by Gasteiger charge is -2.36. The Labute approximate surface area is 141 Å². The lowest BCUT2D eigenvalue weighted by atomic mass is 9.90. The van der Waals surface area contributed by atoms with Crippen molar-refractivity contribution in [3.63, 3.8) is 0 Å². The van der Waals surface area contributed by atoms with E-state index in [9.17, 15) is 4.39 Å². The molecule has 23 heavy (non-hydrogen) atoms. The van der Waals surface area contributed by atoms with Crippen LogP contribution in [0.1, 0.15) is 41.0 Å². The molecule has 1 aliphatic heterocycles. The summed E-state index contributed by atoms with van der Waals surface area (Å²) in [5.41, 5.74) is 0. The molecule has 1 aliphatic rings. The number of alkyl halides is 1. The molecular weight excluding hydrogens is 317 g/mol. The van der Waals surface area contributed by atoms with Gasteiger partial charge in [-0.1, -0.05) is 6.92 Å². The van der Waals surface area contributed by atoms with Crippen LogP contribution in [0.15, 0.2) is 0 Å². The lowest BCUT2D eigenvalue weighted by Crippen LogP contribution is -2.34. The first-order valence-corrected chi connectivity index (χ1v) is 9.43. The van der Waals surface area contributed by atoms with E-state index >= 15 is 0 Å². The quantitative estimate of drug-likeness (QED) is 0.365. The molecule has 0 N–H and O–H groups in total. The molecule has 0 bridgehead atoms. The summed E-state index contributed by atoms with van der Waals surface area (Å²) in [5, 5.41) is 8.69. The Bertz CT molecular complexity index is 389. The Balaban J connectivity index is 2.67. The Morgan fingerprint density at radius 1 is 1.30 bits per heavy atom. The predicted molar refractivity (Wildman–Crippen MR) is 92.4 cm³/mol. The average molecular weight is 346 g/mol. The minimum absolute atomic E-state index is 0.187. The molecule has 0 aromatic heterocycles. The molecule has 0 radical (unpaired) electrons. The number of ether oxygens (including phenoxy) is 1. The smallest absolute Gasteiger partial charge is 0.259 e. The van der Waals surface area contributed by atoms with Gasteiger partial charge in [0.2, 0.25) is 0 Å². The Morgan fingerprint density at radius 3 is 2.35 bits per heavy atom. The normalized spacial score (nSPS) is 29.4. The van der Waals surface area contributed by atoms with Gasteiger partial charge in [-0.05, 0) is 27.7 Å². The van der Waals surface area contributed by atoms with Gasteiger partial charge in [0, 0.05) is 18.0 Å². The van der Waals surface area contributed by atoms with Gasteiger partial charge in [0.1, 0.15) is 14.0 Å². The summed E-state index contributed by atoms with van der Waals surface area (Å²) < 4.78 is 33.5. The van der Waals surface area contributed by atoms with Gasteiger partial charge in [0.15, 0.2) is 0 Å². The number of nitrogens with zero attached hydrogens (tertiary/aromatic N) is 2. The summed E-state index contributed by atoms with van der Waals surface area (Å²) in [4.78, 5) is 0. The zero-order chi connectivity index (χ0) is 17.6. The number of hydrogen-bond acceptors (Lipinski definition) is 5. The molecule has 5 nitrogen and oxygen atoms in total. The van der Waals surface area contributed by atoms with Gasteiger partial charge in [-0.15, -0.1) is 0 Å². The molecule has 1 fully saturated rings. The number of hydrogen-bond donors (Lipinski definition) is 0. The predicted octanol–water partition coefficient (Wildman–Crippen LogP) is 2.61. The monoisotopic (exact) mass is 346 g/mol. The molecule has 1 rings (SSSR count). The van der Waals surface area contributed by atoms with Gasteiger partial charge in [-0.3, -0.25) is 0 Å². The molecule has 0 spiro atoms. The fourth-order valence-corrected chi connectivity index (χ4v) is 4.37. The van der Waals surface area contributed by atoms with Crippen LogP contribution in [0, 0.1) is 17.2 Å². The number of halogens is 1. The molecule has 1 saturated heterocycles. The highest BCUT2D eigenvalue weighted by atomic mass is 31.2. The maximum Gasteiger partial charge on any atom is 0.259 e. The second kappa shape index (κ2) is 9.91. The maximum absolute atomic E-state index is 13.9. The average Bonchev–Trinajstić information content (AvgIpc) is 2.71. The zero-order valence-corrected chi connectivity index (χ0v) is 15.9. The first kappa shape index (κ1) is 20.8. The second-order valence-corrected chi connectivity index (χ2v) is 7.98. The summed E-state index contributed by atoms with van der Waals surface area (Å²) in [6.45, 7) is 10.8. The van der Waals surface area contributed by atoms with Crippen LogP contribution in [0.25, 0.3) is 0 Å². The van der Waals surface area contributed by atoms with E-state index in [0.717, 1.165) is 0 Å². The summed E-state index contributed by atoms with van der Waals surface area (Å²) in [6, 6.07) is 2.18. The largest absolute Gasteiger partial charge is 0.378 e. The van der Waals surface area contributed by atoms with E-state index < -0.39 is 20.7 Å².